The first-order valence-electron chi connectivity index (χ1n) is 6.26. The molecule has 1 N–H and O–H groups in total. The molecule has 21 heavy (non-hydrogen) atoms. The number of nitrogens with zero attached hydrogens (tertiary/aromatic N) is 2. The van der Waals surface area contributed by atoms with Gasteiger partial charge in [-0.25, -0.2) is 0 Å². The molecule has 0 saturated carbocycles. The van der Waals surface area contributed by atoms with Crippen LogP contribution in [0.1, 0.15) is 0 Å². The topological polar surface area (TPSA) is 68.1 Å². The third kappa shape index (κ3) is 2.80. The summed E-state index contributed by atoms with van der Waals surface area (Å²) in [6.45, 7) is 0. The third-order valence-corrected chi connectivity index (χ3v) is 3.85. The molecule has 0 radical (unpaired) electrons. The van der Waals surface area contributed by atoms with Gasteiger partial charge in [0.05, 0.1) is 16.1 Å². The second kappa shape index (κ2) is 5.80. The molecular formula is C15H11N3O2S. The summed E-state index contributed by atoms with van der Waals surface area (Å²) in [5.41, 5.74) is 1.76. The van der Waals surface area contributed by atoms with Gasteiger partial charge in [0.1, 0.15) is 4.90 Å². The van der Waals surface area contributed by atoms with Gasteiger partial charge >= 0.3 is 0 Å². The molecule has 0 fully saturated rings. The molecule has 0 spiro atoms. The minimum absolute atomic E-state index is 0.0863. The number of hydrogen-bond donors (Lipinski definition) is 1. The van der Waals surface area contributed by atoms with E-state index in [9.17, 15) is 10.1 Å². The minimum Gasteiger partial charge on any atom is -0.324 e. The van der Waals surface area contributed by atoms with Crippen molar-refractivity contribution in [3.05, 3.63) is 70.9 Å². The van der Waals surface area contributed by atoms with Crippen LogP contribution in [-0.2, 0) is 0 Å². The number of para-hydroxylation sites is 2. The van der Waals surface area contributed by atoms with Crippen LogP contribution in [0.15, 0.2) is 65.7 Å². The van der Waals surface area contributed by atoms with Gasteiger partial charge in [-0.3, -0.25) is 15.1 Å². The van der Waals surface area contributed by atoms with Crippen molar-refractivity contribution in [3.8, 4) is 0 Å². The number of nitro benzene ring substituents is 1. The molecule has 104 valence electrons. The van der Waals surface area contributed by atoms with Crippen LogP contribution in [0, 0.1) is 10.1 Å². The van der Waals surface area contributed by atoms with E-state index in [2.05, 4.69) is 9.71 Å². The van der Waals surface area contributed by atoms with E-state index in [0.717, 1.165) is 16.6 Å². The average molecular weight is 297 g/mol. The molecule has 6 heteroatoms. The summed E-state index contributed by atoms with van der Waals surface area (Å²) >= 11 is 1.21. The Hall–Kier alpha value is -2.60. The molecule has 3 aromatic rings. The molecule has 0 saturated heterocycles. The maximum absolute atomic E-state index is 11.0. The fourth-order valence-electron chi connectivity index (χ4n) is 1.99. The van der Waals surface area contributed by atoms with Gasteiger partial charge in [-0.05, 0) is 30.1 Å². The number of fused-ring (bicyclic) bond motifs is 1. The van der Waals surface area contributed by atoms with Gasteiger partial charge in [0.2, 0.25) is 0 Å². The van der Waals surface area contributed by atoms with E-state index >= 15 is 0 Å². The van der Waals surface area contributed by atoms with Crippen molar-refractivity contribution in [2.24, 2.45) is 0 Å². The standard InChI is InChI=1S/C15H11N3O2S/c19-18(20)13-8-1-2-9-14(13)21-17-12-7-3-5-11-6-4-10-16-15(11)12/h1-10,17H. The quantitative estimate of drug-likeness (QED) is 0.442. The molecule has 0 atom stereocenters. The van der Waals surface area contributed by atoms with E-state index < -0.39 is 0 Å². The molecule has 1 heterocycles. The maximum Gasteiger partial charge on any atom is 0.284 e. The van der Waals surface area contributed by atoms with Gasteiger partial charge in [-0.1, -0.05) is 30.3 Å². The molecule has 2 aromatic carbocycles. The highest BCUT2D eigenvalue weighted by atomic mass is 32.2. The normalized spacial score (nSPS) is 10.5. The largest absolute Gasteiger partial charge is 0.324 e. The number of pyridine rings is 1. The van der Waals surface area contributed by atoms with Gasteiger partial charge in [-0.15, -0.1) is 0 Å². The van der Waals surface area contributed by atoms with Gasteiger partial charge < -0.3 is 4.72 Å². The number of rotatable bonds is 4. The van der Waals surface area contributed by atoms with Gasteiger partial charge in [0.25, 0.3) is 5.69 Å². The van der Waals surface area contributed by atoms with Crippen molar-refractivity contribution in [2.75, 3.05) is 4.72 Å². The monoisotopic (exact) mass is 297 g/mol. The van der Waals surface area contributed by atoms with Crippen molar-refractivity contribution in [2.45, 2.75) is 4.90 Å². The summed E-state index contributed by atoms with van der Waals surface area (Å²) in [7, 11) is 0. The van der Waals surface area contributed by atoms with Crippen molar-refractivity contribution < 1.29 is 4.92 Å². The van der Waals surface area contributed by atoms with E-state index in [1.54, 1.807) is 24.4 Å². The zero-order valence-electron chi connectivity index (χ0n) is 10.9. The second-order valence-corrected chi connectivity index (χ2v) is 5.16. The van der Waals surface area contributed by atoms with Crippen LogP contribution in [0.3, 0.4) is 0 Å². The number of hydrogen-bond acceptors (Lipinski definition) is 5. The highest BCUT2D eigenvalue weighted by molar-refractivity contribution is 8.00. The fourth-order valence-corrected chi connectivity index (χ4v) is 2.77. The lowest BCUT2D eigenvalue weighted by Crippen LogP contribution is -1.94. The van der Waals surface area contributed by atoms with E-state index in [4.69, 9.17) is 0 Å². The van der Waals surface area contributed by atoms with E-state index in [1.807, 2.05) is 30.3 Å². The number of nitrogens with one attached hydrogen (secondary N) is 1. The Kier molecular flexibility index (Phi) is 3.70. The molecule has 0 amide bonds. The van der Waals surface area contributed by atoms with Crippen LogP contribution in [0.25, 0.3) is 10.9 Å². The Balaban J connectivity index is 1.89. The maximum atomic E-state index is 11.0. The molecule has 0 aliphatic rings. The highest BCUT2D eigenvalue weighted by Gasteiger charge is 2.13. The Morgan fingerprint density at radius 1 is 1.05 bits per heavy atom. The number of aromatic nitrogens is 1. The van der Waals surface area contributed by atoms with Crippen molar-refractivity contribution in [1.82, 2.24) is 4.98 Å². The van der Waals surface area contributed by atoms with Gasteiger partial charge in [-0.2, -0.15) is 0 Å². The summed E-state index contributed by atoms with van der Waals surface area (Å²) < 4.78 is 3.15. The van der Waals surface area contributed by atoms with E-state index in [0.29, 0.717) is 4.90 Å². The third-order valence-electron chi connectivity index (χ3n) is 2.97. The predicted octanol–water partition coefficient (Wildman–Crippen LogP) is 4.26. The Morgan fingerprint density at radius 3 is 2.71 bits per heavy atom. The van der Waals surface area contributed by atoms with Gasteiger partial charge in [0.15, 0.2) is 0 Å². The predicted molar refractivity (Wildman–Crippen MR) is 84.3 cm³/mol. The number of anilines is 1. The first-order chi connectivity index (χ1) is 10.3. The second-order valence-electron chi connectivity index (χ2n) is 4.31. The molecule has 0 bridgehead atoms. The summed E-state index contributed by atoms with van der Waals surface area (Å²) in [6.07, 6.45) is 1.73. The van der Waals surface area contributed by atoms with E-state index in [-0.39, 0.29) is 10.6 Å². The molecule has 3 rings (SSSR count). The van der Waals surface area contributed by atoms with E-state index in [1.165, 1.54) is 18.0 Å². The Labute approximate surface area is 125 Å². The van der Waals surface area contributed by atoms with Crippen LogP contribution in [0.2, 0.25) is 0 Å². The van der Waals surface area contributed by atoms with Crippen LogP contribution < -0.4 is 4.72 Å². The number of benzene rings is 2. The average Bonchev–Trinajstić information content (AvgIpc) is 2.53. The van der Waals surface area contributed by atoms with Crippen LogP contribution >= 0.6 is 11.9 Å². The Bertz CT molecular complexity index is 802. The van der Waals surface area contributed by atoms with Crippen molar-refractivity contribution in [3.63, 3.8) is 0 Å². The molecule has 0 unspecified atom stereocenters. The smallest absolute Gasteiger partial charge is 0.284 e. The van der Waals surface area contributed by atoms with Crippen molar-refractivity contribution >= 4 is 34.2 Å². The number of nitro groups is 1. The minimum atomic E-state index is -0.384. The van der Waals surface area contributed by atoms with Crippen LogP contribution in [-0.4, -0.2) is 9.91 Å². The van der Waals surface area contributed by atoms with Crippen molar-refractivity contribution in [1.29, 1.82) is 0 Å². The SMILES string of the molecule is O=[N+]([O-])c1ccccc1SNc1cccc2cccnc12. The molecule has 5 nitrogen and oxygen atoms in total. The zero-order chi connectivity index (χ0) is 14.7. The molecule has 0 aliphatic carbocycles. The zero-order valence-corrected chi connectivity index (χ0v) is 11.7. The first-order valence-corrected chi connectivity index (χ1v) is 7.07. The Morgan fingerprint density at radius 2 is 1.86 bits per heavy atom. The highest BCUT2D eigenvalue weighted by Crippen LogP contribution is 2.31. The summed E-state index contributed by atoms with van der Waals surface area (Å²) in [6, 6.07) is 16.3. The molecular weight excluding hydrogens is 286 g/mol. The summed E-state index contributed by atoms with van der Waals surface area (Å²) in [4.78, 5) is 15.5. The lowest BCUT2D eigenvalue weighted by molar-refractivity contribution is -0.387. The first kappa shape index (κ1) is 13.4. The lowest BCUT2D eigenvalue weighted by Gasteiger charge is -2.08. The van der Waals surface area contributed by atoms with Crippen LogP contribution in [0.5, 0.6) is 0 Å². The summed E-state index contributed by atoms with van der Waals surface area (Å²) in [5, 5.41) is 12.0. The molecule has 0 aliphatic heterocycles. The fraction of sp³-hybridized carbons (Fsp3) is 0. The van der Waals surface area contributed by atoms with Gasteiger partial charge in [0, 0.05) is 17.6 Å². The lowest BCUT2D eigenvalue weighted by atomic mass is 10.2. The van der Waals surface area contributed by atoms with Crippen LogP contribution in [0.4, 0.5) is 11.4 Å². The summed E-state index contributed by atoms with van der Waals surface area (Å²) in [5.74, 6) is 0. The molecule has 1 aromatic heterocycles.